The standard InChI is InChI=1S/C11H15NO2/c1-13-11-7-9-5-3-4-6-10(9)8-12(11)14-2/h3-6,11H,7-8H2,1-2H3. The molecule has 0 saturated carbocycles. The Morgan fingerprint density at radius 1 is 1.21 bits per heavy atom. The van der Waals surface area contributed by atoms with Crippen molar-refractivity contribution in [2.75, 3.05) is 14.2 Å². The van der Waals surface area contributed by atoms with Gasteiger partial charge in [-0.2, -0.15) is 5.06 Å². The van der Waals surface area contributed by atoms with Crippen molar-refractivity contribution < 1.29 is 9.57 Å². The molecule has 0 N–H and O–H groups in total. The van der Waals surface area contributed by atoms with Crippen LogP contribution >= 0.6 is 0 Å². The van der Waals surface area contributed by atoms with E-state index < -0.39 is 0 Å². The number of hydrogen-bond donors (Lipinski definition) is 0. The molecule has 0 aromatic heterocycles. The summed E-state index contributed by atoms with van der Waals surface area (Å²) < 4.78 is 5.35. The lowest BCUT2D eigenvalue weighted by molar-refractivity contribution is -0.240. The van der Waals surface area contributed by atoms with Gasteiger partial charge in [0.1, 0.15) is 6.23 Å². The summed E-state index contributed by atoms with van der Waals surface area (Å²) in [7, 11) is 3.39. The summed E-state index contributed by atoms with van der Waals surface area (Å²) in [6, 6.07) is 8.40. The number of benzene rings is 1. The van der Waals surface area contributed by atoms with E-state index in [2.05, 4.69) is 24.3 Å². The number of nitrogens with zero attached hydrogens (tertiary/aromatic N) is 1. The minimum Gasteiger partial charge on any atom is -0.364 e. The Bertz CT molecular complexity index is 283. The van der Waals surface area contributed by atoms with Gasteiger partial charge in [0, 0.05) is 13.5 Å². The molecule has 2 rings (SSSR count). The molecule has 3 nitrogen and oxygen atoms in total. The minimum atomic E-state index is 0.0369. The van der Waals surface area contributed by atoms with Crippen LogP contribution in [0.3, 0.4) is 0 Å². The van der Waals surface area contributed by atoms with Crippen LogP contribution in [0.25, 0.3) is 0 Å². The van der Waals surface area contributed by atoms with E-state index in [0.29, 0.717) is 0 Å². The van der Waals surface area contributed by atoms with E-state index >= 15 is 0 Å². The van der Waals surface area contributed by atoms with Gasteiger partial charge in [0.15, 0.2) is 0 Å². The zero-order valence-corrected chi connectivity index (χ0v) is 8.56. The zero-order chi connectivity index (χ0) is 9.97. The number of rotatable bonds is 2. The predicted molar refractivity (Wildman–Crippen MR) is 53.5 cm³/mol. The maximum atomic E-state index is 5.35. The van der Waals surface area contributed by atoms with Crippen molar-refractivity contribution in [1.82, 2.24) is 5.06 Å². The van der Waals surface area contributed by atoms with Crippen LogP contribution in [0.4, 0.5) is 0 Å². The number of ether oxygens (including phenoxy) is 1. The second-order valence-corrected chi connectivity index (χ2v) is 3.42. The molecule has 0 radical (unpaired) electrons. The molecule has 0 spiro atoms. The van der Waals surface area contributed by atoms with E-state index in [9.17, 15) is 0 Å². The zero-order valence-electron chi connectivity index (χ0n) is 8.56. The molecule has 0 fully saturated rings. The first-order valence-corrected chi connectivity index (χ1v) is 4.75. The Kier molecular flexibility index (Phi) is 2.82. The normalized spacial score (nSPS) is 22.0. The second-order valence-electron chi connectivity index (χ2n) is 3.42. The maximum Gasteiger partial charge on any atom is 0.137 e. The molecule has 14 heavy (non-hydrogen) atoms. The van der Waals surface area contributed by atoms with Gasteiger partial charge in [0.05, 0.1) is 13.7 Å². The quantitative estimate of drug-likeness (QED) is 0.711. The lowest BCUT2D eigenvalue weighted by atomic mass is 10.00. The molecule has 1 aromatic rings. The van der Waals surface area contributed by atoms with Gasteiger partial charge in [0.2, 0.25) is 0 Å². The van der Waals surface area contributed by atoms with Crippen molar-refractivity contribution in [3.8, 4) is 0 Å². The fourth-order valence-corrected chi connectivity index (χ4v) is 1.85. The first kappa shape index (κ1) is 9.65. The highest BCUT2D eigenvalue weighted by atomic mass is 16.7. The van der Waals surface area contributed by atoms with E-state index in [1.807, 2.05) is 5.06 Å². The third-order valence-corrected chi connectivity index (χ3v) is 2.67. The van der Waals surface area contributed by atoms with Crippen LogP contribution < -0.4 is 0 Å². The van der Waals surface area contributed by atoms with E-state index in [1.165, 1.54) is 11.1 Å². The SMILES string of the molecule is COC1Cc2ccccc2CN1OC. The second kappa shape index (κ2) is 4.09. The molecule has 0 amide bonds. The van der Waals surface area contributed by atoms with Crippen molar-refractivity contribution in [2.24, 2.45) is 0 Å². The average molecular weight is 193 g/mol. The third kappa shape index (κ3) is 1.66. The van der Waals surface area contributed by atoms with Crippen molar-refractivity contribution >= 4 is 0 Å². The van der Waals surface area contributed by atoms with Gasteiger partial charge in [-0.25, -0.2) is 0 Å². The van der Waals surface area contributed by atoms with Crippen LogP contribution in [0.15, 0.2) is 24.3 Å². The first-order valence-electron chi connectivity index (χ1n) is 4.75. The number of hydroxylamine groups is 2. The molecular formula is C11H15NO2. The van der Waals surface area contributed by atoms with Crippen molar-refractivity contribution in [3.05, 3.63) is 35.4 Å². The van der Waals surface area contributed by atoms with E-state index in [4.69, 9.17) is 9.57 Å². The van der Waals surface area contributed by atoms with Gasteiger partial charge in [-0.15, -0.1) is 0 Å². The summed E-state index contributed by atoms with van der Waals surface area (Å²) >= 11 is 0. The third-order valence-electron chi connectivity index (χ3n) is 2.67. The Morgan fingerprint density at radius 3 is 2.57 bits per heavy atom. The fraction of sp³-hybridized carbons (Fsp3) is 0.455. The Hall–Kier alpha value is -0.900. The first-order chi connectivity index (χ1) is 6.85. The van der Waals surface area contributed by atoms with Crippen LogP contribution in [0.5, 0.6) is 0 Å². The average Bonchev–Trinajstić information content (AvgIpc) is 2.27. The topological polar surface area (TPSA) is 21.7 Å². The molecule has 0 saturated heterocycles. The molecule has 3 heteroatoms. The van der Waals surface area contributed by atoms with Crippen LogP contribution in [-0.4, -0.2) is 25.5 Å². The van der Waals surface area contributed by atoms with Gasteiger partial charge in [-0.05, 0) is 11.1 Å². The molecule has 1 aromatic carbocycles. The van der Waals surface area contributed by atoms with Crippen molar-refractivity contribution in [2.45, 2.75) is 19.2 Å². The molecule has 1 heterocycles. The minimum absolute atomic E-state index is 0.0369. The summed E-state index contributed by atoms with van der Waals surface area (Å²) in [6.45, 7) is 0.797. The number of fused-ring (bicyclic) bond motifs is 1. The lowest BCUT2D eigenvalue weighted by Crippen LogP contribution is -2.40. The maximum absolute atomic E-state index is 5.35. The lowest BCUT2D eigenvalue weighted by Gasteiger charge is -2.33. The van der Waals surface area contributed by atoms with Crippen molar-refractivity contribution in [3.63, 3.8) is 0 Å². The highest BCUT2D eigenvalue weighted by molar-refractivity contribution is 5.29. The Labute approximate surface area is 84.2 Å². The van der Waals surface area contributed by atoms with Crippen molar-refractivity contribution in [1.29, 1.82) is 0 Å². The predicted octanol–water partition coefficient (Wildman–Crippen LogP) is 1.58. The number of methoxy groups -OCH3 is 1. The molecule has 1 atom stereocenters. The summed E-state index contributed by atoms with van der Waals surface area (Å²) in [5.41, 5.74) is 2.68. The Balaban J connectivity index is 2.25. The van der Waals surface area contributed by atoms with Gasteiger partial charge in [-0.3, -0.25) is 4.84 Å². The highest BCUT2D eigenvalue weighted by Gasteiger charge is 2.25. The van der Waals surface area contributed by atoms with Crippen LogP contribution in [-0.2, 0) is 22.5 Å². The molecule has 1 unspecified atom stereocenters. The molecule has 76 valence electrons. The fourth-order valence-electron chi connectivity index (χ4n) is 1.85. The Morgan fingerprint density at radius 2 is 1.93 bits per heavy atom. The smallest absolute Gasteiger partial charge is 0.137 e. The van der Waals surface area contributed by atoms with Crippen LogP contribution in [0.1, 0.15) is 11.1 Å². The summed E-state index contributed by atoms with van der Waals surface area (Å²) in [5.74, 6) is 0. The summed E-state index contributed by atoms with van der Waals surface area (Å²) in [6.07, 6.45) is 0.926. The monoisotopic (exact) mass is 193 g/mol. The van der Waals surface area contributed by atoms with Gasteiger partial charge >= 0.3 is 0 Å². The van der Waals surface area contributed by atoms with Crippen LogP contribution in [0.2, 0.25) is 0 Å². The van der Waals surface area contributed by atoms with E-state index in [-0.39, 0.29) is 6.23 Å². The molecule has 0 bridgehead atoms. The van der Waals surface area contributed by atoms with E-state index in [1.54, 1.807) is 14.2 Å². The molecular weight excluding hydrogens is 178 g/mol. The molecule has 1 aliphatic heterocycles. The molecule has 1 aliphatic rings. The summed E-state index contributed by atoms with van der Waals surface area (Å²) in [5, 5.41) is 1.86. The van der Waals surface area contributed by atoms with E-state index in [0.717, 1.165) is 13.0 Å². The van der Waals surface area contributed by atoms with Gasteiger partial charge in [-0.1, -0.05) is 24.3 Å². The van der Waals surface area contributed by atoms with Gasteiger partial charge in [0.25, 0.3) is 0 Å². The summed E-state index contributed by atoms with van der Waals surface area (Å²) in [4.78, 5) is 5.26. The van der Waals surface area contributed by atoms with Crippen LogP contribution in [0, 0.1) is 0 Å². The largest absolute Gasteiger partial charge is 0.364 e. The highest BCUT2D eigenvalue weighted by Crippen LogP contribution is 2.23. The molecule has 0 aliphatic carbocycles. The van der Waals surface area contributed by atoms with Gasteiger partial charge < -0.3 is 4.74 Å². The number of hydrogen-bond acceptors (Lipinski definition) is 3.